The molecule has 0 amide bonds. The minimum absolute atomic E-state index is 0. The zero-order chi connectivity index (χ0) is 25.7. The van der Waals surface area contributed by atoms with E-state index < -0.39 is 26.5 Å². The van der Waals surface area contributed by atoms with Crippen LogP contribution >= 0.6 is 0 Å². The molecule has 0 saturated carbocycles. The number of hydrogen-bond donors (Lipinski definition) is 0. The van der Waals surface area contributed by atoms with Gasteiger partial charge in [-0.3, -0.25) is 0 Å². The predicted octanol–water partition coefficient (Wildman–Crippen LogP) is 6.31. The third-order valence-corrected chi connectivity index (χ3v) is 7.85. The number of aromatic carboxylic acids is 1. The van der Waals surface area contributed by atoms with Crippen molar-refractivity contribution in [1.29, 1.82) is 0 Å². The first kappa shape index (κ1) is 33.4. The maximum absolute atomic E-state index is 12.4. The van der Waals surface area contributed by atoms with E-state index in [2.05, 4.69) is 13.8 Å². The van der Waals surface area contributed by atoms with Crippen LogP contribution in [0.25, 0.3) is 10.8 Å². The number of carboxylic acid groups (broad SMARTS) is 1. The van der Waals surface area contributed by atoms with E-state index in [1.54, 1.807) is 12.1 Å². The number of rotatable bonds is 18. The molecule has 196 valence electrons. The molecule has 36 heavy (non-hydrogen) atoms. The van der Waals surface area contributed by atoms with Crippen molar-refractivity contribution in [3.05, 3.63) is 41.0 Å². The van der Waals surface area contributed by atoms with Gasteiger partial charge in [-0.25, -0.2) is 8.42 Å². The van der Waals surface area contributed by atoms with Gasteiger partial charge >= 0.3 is 37.7 Å². The molecule has 0 heterocycles. The Labute approximate surface area is 248 Å². The number of carbonyl (C=O) groups is 1. The Morgan fingerprint density at radius 1 is 0.694 bits per heavy atom. The molecule has 0 aliphatic rings. The molecule has 0 aliphatic carbocycles. The van der Waals surface area contributed by atoms with E-state index in [4.69, 9.17) is 0 Å². The van der Waals surface area contributed by atoms with Gasteiger partial charge in [0.15, 0.2) is 0 Å². The van der Waals surface area contributed by atoms with E-state index in [9.17, 15) is 22.9 Å². The molecule has 0 aliphatic heterocycles. The first-order valence-electron chi connectivity index (χ1n) is 13.6. The Hall–Kier alpha value is -0.660. The molecule has 7 heteroatoms. The maximum Gasteiger partial charge on any atom is 2.00 e. The average molecular weight is 543 g/mol. The van der Waals surface area contributed by atoms with Crippen molar-refractivity contribution in [1.82, 2.24) is 0 Å². The monoisotopic (exact) mass is 542 g/mol. The Morgan fingerprint density at radius 3 is 1.56 bits per heavy atom. The second-order valence-corrected chi connectivity index (χ2v) is 11.0. The van der Waals surface area contributed by atoms with Gasteiger partial charge in [-0.15, -0.1) is 0 Å². The molecular weight excluding hydrogens is 500 g/mol. The third-order valence-electron chi connectivity index (χ3n) is 6.90. The van der Waals surface area contributed by atoms with Crippen LogP contribution in [0.15, 0.2) is 29.2 Å². The van der Waals surface area contributed by atoms with Crippen LogP contribution in [0.1, 0.15) is 125 Å². The van der Waals surface area contributed by atoms with Crippen molar-refractivity contribution in [3.8, 4) is 0 Å². The van der Waals surface area contributed by atoms with Crippen LogP contribution in [0.2, 0.25) is 0 Å². The van der Waals surface area contributed by atoms with Crippen molar-refractivity contribution in [2.24, 2.45) is 0 Å². The van der Waals surface area contributed by atoms with E-state index in [1.807, 2.05) is 12.1 Å². The van der Waals surface area contributed by atoms with Gasteiger partial charge in [-0.2, -0.15) is 0 Å². The van der Waals surface area contributed by atoms with Crippen LogP contribution in [0.5, 0.6) is 0 Å². The van der Waals surface area contributed by atoms with Gasteiger partial charge in [0.25, 0.3) is 0 Å². The summed E-state index contributed by atoms with van der Waals surface area (Å²) >= 11 is 0. The van der Waals surface area contributed by atoms with Gasteiger partial charge in [0.1, 0.15) is 10.1 Å². The molecule has 0 atom stereocenters. The number of hydrogen-bond acceptors (Lipinski definition) is 5. The van der Waals surface area contributed by atoms with Crippen molar-refractivity contribution in [2.45, 2.75) is 121 Å². The second-order valence-electron chi connectivity index (χ2n) is 9.69. The van der Waals surface area contributed by atoms with Gasteiger partial charge in [0.2, 0.25) is 0 Å². The summed E-state index contributed by atoms with van der Waals surface area (Å²) in [5.41, 5.74) is 0.744. The van der Waals surface area contributed by atoms with E-state index in [-0.39, 0.29) is 43.1 Å². The van der Waals surface area contributed by atoms with Gasteiger partial charge in [-0.05, 0) is 47.6 Å². The third kappa shape index (κ3) is 10.2. The molecule has 2 aromatic rings. The number of fused-ring (bicyclic) bond motifs is 1. The fourth-order valence-corrected chi connectivity index (χ4v) is 6.05. The molecule has 0 aromatic heterocycles. The van der Waals surface area contributed by atoms with Gasteiger partial charge < -0.3 is 14.5 Å². The summed E-state index contributed by atoms with van der Waals surface area (Å²) in [4.78, 5) is 11.5. The Kier molecular flexibility index (Phi) is 16.5. The molecule has 0 spiro atoms. The standard InChI is InChI=1S/C29H44O5S.Ca/c1-3-5-7-9-11-13-15-19-24-23-20-17-18-21-25(23)27(29(30)31)28(35(32,33)34)26(24)22-16-14-12-10-8-6-4-2;/h17-18,20-21H,3-16,19,22H2,1-2H3,(H,30,31)(H,32,33,34);/q;+2/p-2. The zero-order valence-electron chi connectivity index (χ0n) is 22.3. The number of aryl methyl sites for hydroxylation is 1. The SMILES string of the molecule is CCCCCCCCCc1c(S(=O)(=O)[O-])c(C(=O)[O-])c2ccccc2c1CCCCCCCCC.[Ca+2]. The molecule has 0 unspecified atom stereocenters. The van der Waals surface area contributed by atoms with E-state index >= 15 is 0 Å². The zero-order valence-corrected chi connectivity index (χ0v) is 25.3. The second kappa shape index (κ2) is 17.8. The largest absolute Gasteiger partial charge is 2.00 e. The number of benzene rings is 2. The smallest absolute Gasteiger partial charge is 0.744 e. The van der Waals surface area contributed by atoms with Crippen LogP contribution in [0, 0.1) is 0 Å². The van der Waals surface area contributed by atoms with E-state index in [1.165, 1.54) is 44.9 Å². The van der Waals surface area contributed by atoms with Gasteiger partial charge in [0, 0.05) is 5.56 Å². The Bertz CT molecular complexity index is 1050. The van der Waals surface area contributed by atoms with Crippen LogP contribution in [-0.2, 0) is 23.0 Å². The minimum Gasteiger partial charge on any atom is -0.744 e. The first-order chi connectivity index (χ1) is 16.8. The van der Waals surface area contributed by atoms with E-state index in [0.29, 0.717) is 18.4 Å². The summed E-state index contributed by atoms with van der Waals surface area (Å²) < 4.78 is 37.2. The average Bonchev–Trinajstić information content (AvgIpc) is 2.82. The quantitative estimate of drug-likeness (QED) is 0.125. The van der Waals surface area contributed by atoms with E-state index in [0.717, 1.165) is 55.9 Å². The van der Waals surface area contributed by atoms with Gasteiger partial charge in [-0.1, -0.05) is 115 Å². The van der Waals surface area contributed by atoms with Crippen LogP contribution in [0.3, 0.4) is 0 Å². The molecule has 2 rings (SSSR count). The minimum atomic E-state index is -4.99. The topological polar surface area (TPSA) is 97.3 Å². The molecule has 0 fully saturated rings. The van der Waals surface area contributed by atoms with Crippen LogP contribution < -0.4 is 5.11 Å². The molecule has 0 bridgehead atoms. The molecule has 5 nitrogen and oxygen atoms in total. The fraction of sp³-hybridized carbons (Fsp3) is 0.621. The number of carboxylic acids is 1. The molecule has 2 aromatic carbocycles. The number of unbranched alkanes of at least 4 members (excludes halogenated alkanes) is 12. The van der Waals surface area contributed by atoms with Crippen LogP contribution in [0.4, 0.5) is 0 Å². The summed E-state index contributed by atoms with van der Waals surface area (Å²) in [6.45, 7) is 4.36. The molecule has 0 radical (unpaired) electrons. The summed E-state index contributed by atoms with van der Waals surface area (Å²) in [5, 5.41) is 13.1. The van der Waals surface area contributed by atoms with Crippen molar-refractivity contribution in [2.75, 3.05) is 0 Å². The predicted molar refractivity (Wildman–Crippen MR) is 145 cm³/mol. The summed E-state index contributed by atoms with van der Waals surface area (Å²) in [6, 6.07) is 6.93. The van der Waals surface area contributed by atoms with Gasteiger partial charge in [0.05, 0.1) is 10.9 Å². The summed E-state index contributed by atoms with van der Waals surface area (Å²) in [7, 11) is -4.99. The summed E-state index contributed by atoms with van der Waals surface area (Å²) in [5.74, 6) is -1.61. The van der Waals surface area contributed by atoms with Crippen LogP contribution in [-0.4, -0.2) is 56.7 Å². The molecular formula is C29H42CaO5S. The Balaban J connectivity index is 0.00000648. The van der Waals surface area contributed by atoms with Crippen molar-refractivity contribution in [3.63, 3.8) is 0 Å². The Morgan fingerprint density at radius 2 is 1.11 bits per heavy atom. The number of carbonyl (C=O) groups excluding carboxylic acids is 1. The van der Waals surface area contributed by atoms with Crippen molar-refractivity contribution >= 4 is 64.6 Å². The molecule has 0 N–H and O–H groups in total. The fourth-order valence-electron chi connectivity index (χ4n) is 5.08. The van der Waals surface area contributed by atoms with Crippen molar-refractivity contribution < 1.29 is 22.9 Å². The maximum atomic E-state index is 12.4. The summed E-state index contributed by atoms with van der Waals surface area (Å²) in [6.07, 6.45) is 16.3. The molecule has 0 saturated heterocycles. The normalized spacial score (nSPS) is 11.5. The first-order valence-corrected chi connectivity index (χ1v) is 15.0.